The van der Waals surface area contributed by atoms with Gasteiger partial charge in [0.25, 0.3) is 0 Å². The van der Waals surface area contributed by atoms with Crippen molar-refractivity contribution >= 4 is 76.4 Å². The Morgan fingerprint density at radius 2 is 1.16 bits per heavy atom. The topological polar surface area (TPSA) is 582 Å². The molecule has 0 aliphatic carbocycles. The molecule has 23 atom stereocenters. The number of benzene rings is 7. The number of nitrogens with one attached hydrogen (secondary N) is 10. The van der Waals surface area contributed by atoms with Gasteiger partial charge in [0.05, 0.1) is 54.5 Å². The molecule has 7 aromatic rings. The first-order valence-electron chi connectivity index (χ1n) is 43.5. The maximum atomic E-state index is 16.9. The van der Waals surface area contributed by atoms with Crippen LogP contribution in [0.3, 0.4) is 0 Å². The van der Waals surface area contributed by atoms with Gasteiger partial charge in [0, 0.05) is 52.7 Å². The number of phenolic OH excluding ortho intramolecular Hbond substituents is 3. The lowest BCUT2D eigenvalue weighted by molar-refractivity contribution is -0.333. The summed E-state index contributed by atoms with van der Waals surface area (Å²) in [5, 5.41) is 133. The van der Waals surface area contributed by atoms with E-state index in [0.29, 0.717) is 10.6 Å². The molecular formula is C93H112Cl2N12O26. The van der Waals surface area contributed by atoms with E-state index in [1.807, 2.05) is 39.8 Å². The molecule has 0 spiro atoms. The number of aliphatic hydroxyl groups excluding tert-OH is 6. The van der Waals surface area contributed by atoms with Crippen molar-refractivity contribution in [2.24, 2.45) is 23.3 Å². The third-order valence-corrected chi connectivity index (χ3v) is 24.8. The first kappa shape index (κ1) is 99.2. The fourth-order valence-electron chi connectivity index (χ4n) is 17.1. The van der Waals surface area contributed by atoms with Crippen molar-refractivity contribution in [3.8, 4) is 68.2 Å². The second kappa shape index (κ2) is 41.7. The van der Waals surface area contributed by atoms with Crippen LogP contribution in [0.5, 0.6) is 46.0 Å². The predicted octanol–water partition coefficient (Wildman–Crippen LogP) is 4.03. The molecular weight excluding hydrogens is 1770 g/mol. The number of ether oxygens (including phenoxy) is 8. The highest BCUT2D eigenvalue weighted by Gasteiger charge is 2.53. The second-order valence-corrected chi connectivity index (χ2v) is 36.5. The number of imide groups is 1. The zero-order valence-electron chi connectivity index (χ0n) is 74.3. The normalized spacial score (nSPS) is 28.9. The fourth-order valence-corrected chi connectivity index (χ4v) is 17.4. The summed E-state index contributed by atoms with van der Waals surface area (Å²) in [5.74, 6) is -15.7. The Morgan fingerprint density at radius 1 is 0.586 bits per heavy atom. The SMILES string of the molecule is CN[C@@H](CC(C)C)C(=O)NC(=O)C[C@@H]1NC(=O)[C@H](NC(=O)[C@@H](CC(C)C)NC)[C@H](O)c2ccc(c(Cl)c2)Oc2cc3cc(c2O[C@@H]2O[C@H](CO)[C@@H](O)[C@H](O)[C@H]2O[C@H]2C[C@](C)(N)[C@@H](O)[C@H](C)O2)Oc2ccc(cc2)[C@@H](O[C@H]2C[C@](C)(N)[C@@H](O)[C@H](C)O2)[C@@H]2NC(=O)[C@H](NC(=O)[C@@H]3NC1=O)c1ccc(O)c(c1)-c1c(O)cc(O)cc1[C@@H](C(=O)NCc1ccc(-c3ccc(Cl)cc3)cc1)NC2=O. The third kappa shape index (κ3) is 22.7. The lowest BCUT2D eigenvalue weighted by Crippen LogP contribution is -2.64. The number of phenols is 3. The van der Waals surface area contributed by atoms with Gasteiger partial charge in [0.2, 0.25) is 65.2 Å². The molecule has 9 amide bonds. The van der Waals surface area contributed by atoms with Gasteiger partial charge < -0.3 is 143 Å². The van der Waals surface area contributed by atoms with Crippen LogP contribution in [0.2, 0.25) is 10.0 Å². The Balaban J connectivity index is 1.04. The van der Waals surface area contributed by atoms with Gasteiger partial charge in [0.15, 0.2) is 30.2 Å². The average molecular weight is 1880 g/mol. The van der Waals surface area contributed by atoms with E-state index in [9.17, 15) is 60.3 Å². The molecule has 3 fully saturated rings. The lowest BCUT2D eigenvalue weighted by atomic mass is 9.86. The molecule has 23 N–H and O–H groups in total. The van der Waals surface area contributed by atoms with Crippen molar-refractivity contribution in [3.05, 3.63) is 177 Å². The first-order valence-corrected chi connectivity index (χ1v) is 44.2. The van der Waals surface area contributed by atoms with Crippen molar-refractivity contribution in [1.29, 1.82) is 0 Å². The van der Waals surface area contributed by atoms with Crippen LogP contribution in [0, 0.1) is 11.8 Å². The molecule has 7 aromatic carbocycles. The van der Waals surface area contributed by atoms with Crippen LogP contribution in [0.4, 0.5) is 0 Å². The highest BCUT2D eigenvalue weighted by atomic mass is 35.5. The van der Waals surface area contributed by atoms with E-state index in [4.69, 9.17) is 72.6 Å². The number of rotatable bonds is 22. The van der Waals surface area contributed by atoms with Gasteiger partial charge in [0.1, 0.15) is 95.5 Å². The molecule has 38 nitrogen and oxygen atoms in total. The summed E-state index contributed by atoms with van der Waals surface area (Å²) in [4.78, 5) is 141. The lowest BCUT2D eigenvalue weighted by Gasteiger charge is -2.47. The molecule has 3 saturated heterocycles. The summed E-state index contributed by atoms with van der Waals surface area (Å²) in [7, 11) is 2.94. The summed E-state index contributed by atoms with van der Waals surface area (Å²) in [6.45, 7) is 12.1. The largest absolute Gasteiger partial charge is 0.508 e. The van der Waals surface area contributed by atoms with Gasteiger partial charge >= 0.3 is 0 Å². The molecule has 0 aromatic heterocycles. The second-order valence-electron chi connectivity index (χ2n) is 35.6. The monoisotopic (exact) mass is 1880 g/mol. The van der Waals surface area contributed by atoms with Crippen molar-refractivity contribution in [2.75, 3.05) is 20.7 Å². The number of aromatic hydroxyl groups is 3. The summed E-state index contributed by atoms with van der Waals surface area (Å²) < 4.78 is 52.7. The number of carbonyl (C=O) groups is 9. The maximum Gasteiger partial charge on any atom is 0.248 e. The summed E-state index contributed by atoms with van der Waals surface area (Å²) >= 11 is 13.5. The average Bonchev–Trinajstić information content (AvgIpc) is 0.755. The van der Waals surface area contributed by atoms with Crippen molar-refractivity contribution in [2.45, 2.75) is 233 Å². The summed E-state index contributed by atoms with van der Waals surface area (Å²) in [6.07, 6.45) is -22.7. The molecule has 11 bridgehead atoms. The zero-order valence-corrected chi connectivity index (χ0v) is 75.8. The van der Waals surface area contributed by atoms with Crippen LogP contribution in [-0.2, 0) is 73.4 Å². The van der Waals surface area contributed by atoms with Gasteiger partial charge in [-0.1, -0.05) is 112 Å². The standard InChI is InChI=1S/C93H112Cl2N12O26/c1-40(2)27-57(98-9)83(118)102-66(112)35-59-85(120)103-71-50-31-63(79(133-91-80(77(115)76(114)65(39-108)130-91)132-68-37-93(8,97)82(117)43(6)127-68)64(32-50)129-62-26-20-49(30-56(62)95)75(113)73(89(124)101-59)106-84(119)58(99-10)28-41(3)4)128-53-23-17-47(18-24-53)78(131-67-36-92(7,96)81(116)42(5)126-67)74-90(125)105-72(86(121)100-38-44-11-13-45(14-12-44)46-15-21-51(94)22-16-46)55-33-52(109)34-61(111)69(55)54-29-48(19-25-60(54)110)70(87(122)107-74)104-88(71)123/h11-26,29-34,40-43,57-59,65,67-68,70-78,80-82,91,98-99,108-111,113-117H,27-28,35-39,96-97H2,1-10H3,(H,100,121)(H,101,124)(H,103,120)(H,104,123)(H,105,125)(H,106,119)(H,107,122)(H,102,112,118)/t42-,43-,57-,58+,59-,65+,67-,68-,70+,71+,72-,73+,74-,75+,76+,77-,78+,80+,81-,82-,91-,92-,93-/m0/s1. The third-order valence-electron chi connectivity index (χ3n) is 24.3. The minimum atomic E-state index is -2.42. The quantitative estimate of drug-likeness (QED) is 0.0455. The zero-order chi connectivity index (χ0) is 96.3. The molecule has 133 heavy (non-hydrogen) atoms. The highest BCUT2D eigenvalue weighted by Crippen LogP contribution is 2.50. The Kier molecular flexibility index (Phi) is 31.1. The van der Waals surface area contributed by atoms with Crippen LogP contribution in [-0.4, -0.2) is 229 Å². The first-order chi connectivity index (χ1) is 63.0. The Bertz CT molecular complexity index is 5470. The Labute approximate surface area is 775 Å². The maximum absolute atomic E-state index is 16.9. The van der Waals surface area contributed by atoms with E-state index in [2.05, 4.69) is 53.2 Å². The molecule has 8 aliphatic rings. The smallest absolute Gasteiger partial charge is 0.248 e. The highest BCUT2D eigenvalue weighted by molar-refractivity contribution is 6.32. The minimum absolute atomic E-state index is 0.0228. The van der Waals surface area contributed by atoms with Crippen molar-refractivity contribution < 1.29 is 127 Å². The van der Waals surface area contributed by atoms with Crippen LogP contribution in [0.25, 0.3) is 22.3 Å². The number of carbonyl (C=O) groups excluding carboxylic acids is 9. The molecule has 8 aliphatic heterocycles. The number of likely N-dealkylation sites (N-methyl/N-ethyl adjacent to an activating group) is 2. The van der Waals surface area contributed by atoms with Gasteiger partial charge in [-0.05, 0) is 178 Å². The van der Waals surface area contributed by atoms with Gasteiger partial charge in [-0.2, -0.15) is 0 Å². The molecule has 714 valence electrons. The number of halogens is 2. The Morgan fingerprint density at radius 3 is 1.76 bits per heavy atom. The predicted molar refractivity (Wildman–Crippen MR) is 478 cm³/mol. The number of hydrogen-bond donors (Lipinski definition) is 21. The number of hydrogen-bond acceptors (Lipinski definition) is 30. The molecule has 8 heterocycles. The molecule has 0 radical (unpaired) electrons. The number of amides is 9. The minimum Gasteiger partial charge on any atom is -0.508 e. The van der Waals surface area contributed by atoms with Crippen LogP contribution in [0.1, 0.15) is 151 Å². The van der Waals surface area contributed by atoms with E-state index in [1.54, 1.807) is 36.4 Å². The van der Waals surface area contributed by atoms with Crippen LogP contribution >= 0.6 is 23.2 Å². The molecule has 0 unspecified atom stereocenters. The van der Waals surface area contributed by atoms with Crippen LogP contribution in [0.15, 0.2) is 133 Å². The molecule has 40 heteroatoms. The number of aliphatic hydroxyl groups is 6. The van der Waals surface area contributed by atoms with E-state index >= 15 is 28.8 Å². The van der Waals surface area contributed by atoms with E-state index in [1.165, 1.54) is 78.2 Å². The van der Waals surface area contributed by atoms with E-state index in [-0.39, 0.29) is 82.8 Å². The molecule has 0 saturated carbocycles. The van der Waals surface area contributed by atoms with Crippen molar-refractivity contribution in [3.63, 3.8) is 0 Å². The fraction of sp³-hybridized carbons (Fsp3) is 0.452. The number of fused-ring (bicyclic) bond motifs is 15. The van der Waals surface area contributed by atoms with Gasteiger partial charge in [-0.15, -0.1) is 0 Å². The summed E-state index contributed by atoms with van der Waals surface area (Å²) in [5.41, 5.74) is 10.4. The van der Waals surface area contributed by atoms with E-state index < -0.39 is 257 Å². The summed E-state index contributed by atoms with van der Waals surface area (Å²) in [6, 6.07) is 15.0. The van der Waals surface area contributed by atoms with Gasteiger partial charge in [-0.25, -0.2) is 0 Å². The van der Waals surface area contributed by atoms with Crippen molar-refractivity contribution in [1.82, 2.24) is 53.2 Å². The molecule has 15 rings (SSSR count). The van der Waals surface area contributed by atoms with Crippen LogP contribution < -0.4 is 78.8 Å². The van der Waals surface area contributed by atoms with Gasteiger partial charge in [-0.3, -0.25) is 48.5 Å². The van der Waals surface area contributed by atoms with E-state index in [0.717, 1.165) is 59.7 Å². The number of nitrogens with two attached hydrogens (primary N) is 2. The Hall–Kier alpha value is -11.3.